The summed E-state index contributed by atoms with van der Waals surface area (Å²) in [6.45, 7) is 4.33. The quantitative estimate of drug-likeness (QED) is 0.707. The lowest BCUT2D eigenvalue weighted by atomic mass is 10.2. The van der Waals surface area contributed by atoms with Gasteiger partial charge in [0.2, 0.25) is 0 Å². The van der Waals surface area contributed by atoms with Crippen molar-refractivity contribution in [2.45, 2.75) is 13.8 Å². The number of hydrogen-bond donors (Lipinski definition) is 0. The summed E-state index contributed by atoms with van der Waals surface area (Å²) >= 11 is 0. The lowest BCUT2D eigenvalue weighted by Crippen LogP contribution is -1.92. The van der Waals surface area contributed by atoms with Crippen molar-refractivity contribution in [2.24, 2.45) is 0 Å². The van der Waals surface area contributed by atoms with Gasteiger partial charge in [0.1, 0.15) is 0 Å². The molecule has 0 amide bonds. The van der Waals surface area contributed by atoms with E-state index >= 15 is 0 Å². The molecule has 0 saturated carbocycles. The molecule has 0 aliphatic heterocycles. The van der Waals surface area contributed by atoms with Gasteiger partial charge in [-0.25, -0.2) is 0 Å². The molecule has 0 aliphatic rings. The SMILES string of the molecule is CCOP(=O)(/C=C\c1ccccc1)OCC. The number of benzene rings is 1. The molecule has 1 aromatic carbocycles. The van der Waals surface area contributed by atoms with Crippen molar-refractivity contribution in [1.29, 1.82) is 0 Å². The Kier molecular flexibility index (Phi) is 5.47. The van der Waals surface area contributed by atoms with E-state index < -0.39 is 7.60 Å². The van der Waals surface area contributed by atoms with E-state index in [2.05, 4.69) is 0 Å². The second-order valence-corrected chi connectivity index (χ2v) is 5.00. The van der Waals surface area contributed by atoms with E-state index in [1.54, 1.807) is 19.9 Å². The van der Waals surface area contributed by atoms with Crippen LogP contribution in [0.2, 0.25) is 0 Å². The Labute approximate surface area is 96.6 Å². The first-order chi connectivity index (χ1) is 7.70. The summed E-state index contributed by atoms with van der Waals surface area (Å²) < 4.78 is 22.3. The summed E-state index contributed by atoms with van der Waals surface area (Å²) in [7, 11) is -3.07. The van der Waals surface area contributed by atoms with E-state index in [-0.39, 0.29) is 0 Å². The van der Waals surface area contributed by atoms with E-state index in [1.165, 1.54) is 5.82 Å². The third-order valence-corrected chi connectivity index (χ3v) is 3.62. The van der Waals surface area contributed by atoms with E-state index in [4.69, 9.17) is 9.05 Å². The molecule has 0 heterocycles. The molecule has 0 aromatic heterocycles. The highest BCUT2D eigenvalue weighted by molar-refractivity contribution is 7.57. The molecule has 0 fully saturated rings. The van der Waals surface area contributed by atoms with E-state index in [0.717, 1.165) is 5.56 Å². The van der Waals surface area contributed by atoms with Crippen molar-refractivity contribution in [1.82, 2.24) is 0 Å². The van der Waals surface area contributed by atoms with Crippen LogP contribution in [0.15, 0.2) is 36.1 Å². The van der Waals surface area contributed by atoms with E-state index in [1.807, 2.05) is 30.3 Å². The maximum Gasteiger partial charge on any atom is 0.354 e. The zero-order valence-electron chi connectivity index (χ0n) is 9.63. The molecule has 0 unspecified atom stereocenters. The number of rotatable bonds is 6. The highest BCUT2D eigenvalue weighted by Gasteiger charge is 2.18. The zero-order chi connectivity index (χ0) is 11.9. The second kappa shape index (κ2) is 6.64. The van der Waals surface area contributed by atoms with Crippen molar-refractivity contribution in [3.8, 4) is 0 Å². The van der Waals surface area contributed by atoms with Gasteiger partial charge in [-0.05, 0) is 25.5 Å². The predicted molar refractivity (Wildman–Crippen MR) is 66.3 cm³/mol. The molecule has 3 nitrogen and oxygen atoms in total. The van der Waals surface area contributed by atoms with Crippen LogP contribution in [0.3, 0.4) is 0 Å². The van der Waals surface area contributed by atoms with Gasteiger partial charge in [-0.1, -0.05) is 30.3 Å². The fraction of sp³-hybridized carbons (Fsp3) is 0.333. The smallest absolute Gasteiger partial charge is 0.306 e. The predicted octanol–water partition coefficient (Wildman–Crippen LogP) is 3.92. The van der Waals surface area contributed by atoms with Crippen LogP contribution >= 0.6 is 7.60 Å². The highest BCUT2D eigenvalue weighted by atomic mass is 31.2. The van der Waals surface area contributed by atoms with Crippen LogP contribution in [0.5, 0.6) is 0 Å². The van der Waals surface area contributed by atoms with Crippen molar-refractivity contribution < 1.29 is 13.6 Å². The van der Waals surface area contributed by atoms with Crippen molar-refractivity contribution in [2.75, 3.05) is 13.2 Å². The minimum absolute atomic E-state index is 0.371. The van der Waals surface area contributed by atoms with Crippen molar-refractivity contribution in [3.05, 3.63) is 41.7 Å². The first kappa shape index (κ1) is 13.2. The monoisotopic (exact) mass is 240 g/mol. The molecule has 4 heteroatoms. The normalized spacial score (nSPS) is 12.1. The number of hydrogen-bond acceptors (Lipinski definition) is 3. The third-order valence-electron chi connectivity index (χ3n) is 1.87. The summed E-state index contributed by atoms with van der Waals surface area (Å²) in [5.74, 6) is 1.51. The molecule has 88 valence electrons. The first-order valence-corrected chi connectivity index (χ1v) is 6.94. The minimum atomic E-state index is -3.07. The Morgan fingerprint density at radius 2 is 1.69 bits per heavy atom. The Bertz CT molecular complexity index is 363. The summed E-state index contributed by atoms with van der Waals surface area (Å²) in [5, 5.41) is 0. The maximum absolute atomic E-state index is 12.1. The molecule has 0 bridgehead atoms. The van der Waals surface area contributed by atoms with Gasteiger partial charge >= 0.3 is 7.60 Å². The zero-order valence-corrected chi connectivity index (χ0v) is 10.5. The van der Waals surface area contributed by atoms with E-state index in [9.17, 15) is 4.57 Å². The molecule has 1 aromatic rings. The molecule has 0 aliphatic carbocycles. The van der Waals surface area contributed by atoms with E-state index in [0.29, 0.717) is 13.2 Å². The van der Waals surface area contributed by atoms with Crippen LogP contribution in [0, 0.1) is 0 Å². The molecule has 0 spiro atoms. The van der Waals surface area contributed by atoms with Crippen LogP contribution in [0.4, 0.5) is 0 Å². The largest absolute Gasteiger partial charge is 0.354 e. The highest BCUT2D eigenvalue weighted by Crippen LogP contribution is 2.49. The summed E-state index contributed by atoms with van der Waals surface area (Å²) in [5.41, 5.74) is 0.974. The molecule has 0 radical (unpaired) electrons. The standard InChI is InChI=1S/C12H17O3P/c1-3-14-16(13,15-4-2)11-10-12-8-6-5-7-9-12/h5-11H,3-4H2,1-2H3/b11-10-. The summed E-state index contributed by atoms with van der Waals surface area (Å²) in [6.07, 6.45) is 1.76. The van der Waals surface area contributed by atoms with Gasteiger partial charge in [-0.3, -0.25) is 4.57 Å². The van der Waals surface area contributed by atoms with Crippen LogP contribution in [-0.4, -0.2) is 13.2 Å². The van der Waals surface area contributed by atoms with Crippen molar-refractivity contribution in [3.63, 3.8) is 0 Å². The van der Waals surface area contributed by atoms with Gasteiger partial charge in [0.15, 0.2) is 0 Å². The molecule has 16 heavy (non-hydrogen) atoms. The minimum Gasteiger partial charge on any atom is -0.306 e. The van der Waals surface area contributed by atoms with Gasteiger partial charge in [-0.2, -0.15) is 0 Å². The average Bonchev–Trinajstić information content (AvgIpc) is 2.29. The Morgan fingerprint density at radius 1 is 1.12 bits per heavy atom. The Balaban J connectivity index is 2.75. The van der Waals surface area contributed by atoms with Gasteiger partial charge in [-0.15, -0.1) is 0 Å². The Hall–Kier alpha value is -0.890. The van der Waals surface area contributed by atoms with Gasteiger partial charge in [0.05, 0.1) is 13.2 Å². The van der Waals surface area contributed by atoms with Crippen LogP contribution in [0.1, 0.15) is 19.4 Å². The molecule has 0 N–H and O–H groups in total. The molecule has 1 rings (SSSR count). The summed E-state index contributed by atoms with van der Waals surface area (Å²) in [4.78, 5) is 0. The molecular formula is C12H17O3P. The third kappa shape index (κ3) is 4.31. The van der Waals surface area contributed by atoms with Gasteiger partial charge < -0.3 is 9.05 Å². The maximum atomic E-state index is 12.1. The lowest BCUT2D eigenvalue weighted by Gasteiger charge is -2.12. The fourth-order valence-corrected chi connectivity index (χ4v) is 2.55. The van der Waals surface area contributed by atoms with Crippen LogP contribution in [-0.2, 0) is 13.6 Å². The molecule has 0 saturated heterocycles. The first-order valence-electron chi connectivity index (χ1n) is 5.33. The lowest BCUT2D eigenvalue weighted by molar-refractivity contribution is 0.229. The topological polar surface area (TPSA) is 35.5 Å². The van der Waals surface area contributed by atoms with Crippen LogP contribution in [0.25, 0.3) is 6.08 Å². The second-order valence-electron chi connectivity index (χ2n) is 3.10. The molecular weight excluding hydrogens is 223 g/mol. The molecule has 0 atom stereocenters. The average molecular weight is 240 g/mol. The van der Waals surface area contributed by atoms with Crippen LogP contribution < -0.4 is 0 Å². The summed E-state index contributed by atoms with van der Waals surface area (Å²) in [6, 6.07) is 9.64. The fourth-order valence-electron chi connectivity index (χ4n) is 1.22. The Morgan fingerprint density at radius 3 is 2.19 bits per heavy atom. The van der Waals surface area contributed by atoms with Gasteiger partial charge in [0.25, 0.3) is 0 Å². The van der Waals surface area contributed by atoms with Gasteiger partial charge in [0, 0.05) is 5.82 Å². The van der Waals surface area contributed by atoms with Crippen molar-refractivity contribution >= 4 is 13.7 Å².